The topological polar surface area (TPSA) is 91.6 Å². The number of nitrogens with zero attached hydrogens (tertiary/aromatic N) is 4. The Kier molecular flexibility index (Phi) is 9.36. The summed E-state index contributed by atoms with van der Waals surface area (Å²) in [5.74, 6) is 1.47. The molecular weight excluding hydrogens is 713 g/mol. The number of hydrogen-bond acceptors (Lipinski definition) is 8. The lowest BCUT2D eigenvalue weighted by Gasteiger charge is -2.31. The molecule has 54 heavy (non-hydrogen) atoms. The minimum absolute atomic E-state index is 0.0217. The smallest absolute Gasteiger partial charge is 0.344 e. The summed E-state index contributed by atoms with van der Waals surface area (Å²) in [4.78, 5) is 41.3. The van der Waals surface area contributed by atoms with Crippen molar-refractivity contribution in [2.45, 2.75) is 12.1 Å². The maximum Gasteiger partial charge on any atom is 0.344 e. The summed E-state index contributed by atoms with van der Waals surface area (Å²) in [6, 6.07) is 47.0. The fourth-order valence-electron chi connectivity index (χ4n) is 7.05. The van der Waals surface area contributed by atoms with E-state index in [1.54, 1.807) is 29.6 Å². The van der Waals surface area contributed by atoms with E-state index in [-0.39, 0.29) is 23.3 Å². The highest BCUT2D eigenvalue weighted by molar-refractivity contribution is 8.14. The molecule has 10 heteroatoms. The summed E-state index contributed by atoms with van der Waals surface area (Å²) in [6.45, 7) is 1.22. The van der Waals surface area contributed by atoms with Crippen molar-refractivity contribution in [2.75, 3.05) is 24.6 Å². The van der Waals surface area contributed by atoms with Gasteiger partial charge in [-0.3, -0.25) is 0 Å². The molecule has 2 saturated heterocycles. The Morgan fingerprint density at radius 1 is 0.556 bits per heavy atom. The summed E-state index contributed by atoms with van der Waals surface area (Å²) in [5.41, 5.74) is 5.30. The highest BCUT2D eigenvalue weighted by atomic mass is 32.2. The van der Waals surface area contributed by atoms with Crippen LogP contribution in [0.5, 0.6) is 0 Å². The first kappa shape index (κ1) is 34.0. The third-order valence-corrected chi connectivity index (χ3v) is 11.9. The number of para-hydroxylation sites is 4. The van der Waals surface area contributed by atoms with Gasteiger partial charge in [0.2, 0.25) is 0 Å². The van der Waals surface area contributed by atoms with Crippen LogP contribution in [0.2, 0.25) is 0 Å². The Bertz CT molecular complexity index is 2640. The Morgan fingerprint density at radius 2 is 1.06 bits per heavy atom. The second-order valence-electron chi connectivity index (χ2n) is 13.1. The third kappa shape index (κ3) is 6.86. The molecule has 2 unspecified atom stereocenters. The number of benzene rings is 5. The zero-order valence-corrected chi connectivity index (χ0v) is 30.7. The maximum atomic E-state index is 13.5. The van der Waals surface area contributed by atoms with E-state index in [0.29, 0.717) is 41.1 Å². The van der Waals surface area contributed by atoms with Crippen LogP contribution in [0.4, 0.5) is 11.4 Å². The molecule has 0 aliphatic carbocycles. The van der Waals surface area contributed by atoms with Gasteiger partial charge in [-0.25, -0.2) is 19.6 Å². The number of aliphatic imine (C=N–C) groups is 2. The lowest BCUT2D eigenvalue weighted by Crippen LogP contribution is -2.39. The molecule has 2 aliphatic rings. The largest absolute Gasteiger partial charge is 0.422 e. The minimum Gasteiger partial charge on any atom is -0.422 e. The molecule has 0 N–H and O–H groups in total. The standard InChI is InChI=1S/C44H34N4O4S2/c49-41-35(25-31-11-7-9-17-39(31)51-41)29-19-21-30(22-20-29)37-27-53-43(45-33-13-3-1-4-14-33)47(37)23-24-48-38(28-54-44(48)46-34-15-5-2-6-16-34)36-26-32-12-8-10-18-40(32)52-42(36)50/h1-22,25-26,37-38H,23-24,27-28H2. The SMILES string of the molecule is O=c1oc2ccccc2cc1-c1ccc(C2CSC(=Nc3ccccc3)N2CCN2C(=Nc3ccccc3)SCC2c2cc3ccccc3oc2=O)cc1. The lowest BCUT2D eigenvalue weighted by atomic mass is 10.0. The summed E-state index contributed by atoms with van der Waals surface area (Å²) in [7, 11) is 0. The second kappa shape index (κ2) is 14.9. The summed E-state index contributed by atoms with van der Waals surface area (Å²) >= 11 is 3.39. The molecule has 2 aromatic heterocycles. The quantitative estimate of drug-likeness (QED) is 0.142. The first-order valence-corrected chi connectivity index (χ1v) is 19.8. The van der Waals surface area contributed by atoms with Crippen LogP contribution in [0.25, 0.3) is 33.1 Å². The molecular formula is C44H34N4O4S2. The average molecular weight is 747 g/mol. The lowest BCUT2D eigenvalue weighted by molar-refractivity contribution is 0.280. The van der Waals surface area contributed by atoms with Crippen molar-refractivity contribution in [1.82, 2.24) is 9.80 Å². The van der Waals surface area contributed by atoms with E-state index < -0.39 is 0 Å². The fraction of sp³-hybridized carbons (Fsp3) is 0.136. The van der Waals surface area contributed by atoms with Gasteiger partial charge < -0.3 is 18.6 Å². The van der Waals surface area contributed by atoms with Crippen LogP contribution in [0.1, 0.15) is 23.2 Å². The van der Waals surface area contributed by atoms with Crippen LogP contribution in [0.3, 0.4) is 0 Å². The molecule has 4 heterocycles. The first-order valence-electron chi connectivity index (χ1n) is 17.8. The highest BCUT2D eigenvalue weighted by Gasteiger charge is 2.37. The van der Waals surface area contributed by atoms with Crippen LogP contribution in [0, 0.1) is 0 Å². The Hall–Kier alpha value is -5.84. The van der Waals surface area contributed by atoms with Crippen molar-refractivity contribution >= 4 is 67.2 Å². The highest BCUT2D eigenvalue weighted by Crippen LogP contribution is 2.40. The number of hydrogen-bond donors (Lipinski definition) is 0. The van der Waals surface area contributed by atoms with Gasteiger partial charge >= 0.3 is 11.3 Å². The molecule has 8 nitrogen and oxygen atoms in total. The van der Waals surface area contributed by atoms with Crippen LogP contribution in [-0.2, 0) is 0 Å². The van der Waals surface area contributed by atoms with Gasteiger partial charge in [0.25, 0.3) is 0 Å². The monoisotopic (exact) mass is 746 g/mol. The number of fused-ring (bicyclic) bond motifs is 2. The van der Waals surface area contributed by atoms with Crippen molar-refractivity contribution < 1.29 is 8.83 Å². The Labute approximate surface area is 319 Å². The molecule has 2 fully saturated rings. The molecule has 0 radical (unpaired) electrons. The predicted molar refractivity (Wildman–Crippen MR) is 221 cm³/mol. The van der Waals surface area contributed by atoms with Crippen LogP contribution in [0.15, 0.2) is 174 Å². The van der Waals surface area contributed by atoms with E-state index in [9.17, 15) is 9.59 Å². The van der Waals surface area contributed by atoms with E-state index >= 15 is 0 Å². The number of amidine groups is 2. The Balaban J connectivity index is 1.06. The van der Waals surface area contributed by atoms with Crippen molar-refractivity contribution in [3.8, 4) is 11.1 Å². The van der Waals surface area contributed by atoms with Gasteiger partial charge in [-0.15, -0.1) is 0 Å². The zero-order valence-electron chi connectivity index (χ0n) is 29.1. The molecule has 0 spiro atoms. The van der Waals surface area contributed by atoms with Gasteiger partial charge in [0, 0.05) is 35.4 Å². The third-order valence-electron chi connectivity index (χ3n) is 9.80. The van der Waals surface area contributed by atoms with E-state index in [1.807, 2.05) is 127 Å². The van der Waals surface area contributed by atoms with E-state index in [1.165, 1.54) is 0 Å². The zero-order chi connectivity index (χ0) is 36.4. The first-order chi connectivity index (χ1) is 26.6. The summed E-state index contributed by atoms with van der Waals surface area (Å²) in [5, 5.41) is 3.57. The van der Waals surface area contributed by atoms with Gasteiger partial charge in [0.05, 0.1) is 34.6 Å². The molecule has 0 amide bonds. The maximum absolute atomic E-state index is 13.5. The molecule has 266 valence electrons. The normalized spacial score (nSPS) is 18.7. The number of thioether (sulfide) groups is 2. The molecule has 7 aromatic rings. The predicted octanol–water partition coefficient (Wildman–Crippen LogP) is 9.82. The van der Waals surface area contributed by atoms with E-state index in [0.717, 1.165) is 49.4 Å². The van der Waals surface area contributed by atoms with Gasteiger partial charge in [-0.2, -0.15) is 0 Å². The van der Waals surface area contributed by atoms with Crippen molar-refractivity contribution in [2.24, 2.45) is 9.98 Å². The number of rotatable bonds is 8. The Morgan fingerprint density at radius 3 is 1.67 bits per heavy atom. The second-order valence-corrected chi connectivity index (χ2v) is 15.1. The van der Waals surface area contributed by atoms with Gasteiger partial charge in [-0.05, 0) is 59.7 Å². The molecule has 5 aromatic carbocycles. The molecule has 2 aliphatic heterocycles. The van der Waals surface area contributed by atoms with Crippen LogP contribution < -0.4 is 11.3 Å². The van der Waals surface area contributed by atoms with Gasteiger partial charge in [-0.1, -0.05) is 121 Å². The van der Waals surface area contributed by atoms with E-state index in [2.05, 4.69) is 21.9 Å². The summed E-state index contributed by atoms with van der Waals surface area (Å²) < 4.78 is 11.5. The van der Waals surface area contributed by atoms with Crippen molar-refractivity contribution in [3.05, 3.63) is 178 Å². The molecule has 9 rings (SSSR count). The summed E-state index contributed by atoms with van der Waals surface area (Å²) in [6.07, 6.45) is 0. The van der Waals surface area contributed by atoms with Gasteiger partial charge in [0.1, 0.15) is 11.2 Å². The fourth-order valence-corrected chi connectivity index (χ4v) is 9.50. The van der Waals surface area contributed by atoms with Crippen LogP contribution in [-0.4, -0.2) is 44.7 Å². The minimum atomic E-state index is -0.358. The van der Waals surface area contributed by atoms with Crippen molar-refractivity contribution in [3.63, 3.8) is 0 Å². The van der Waals surface area contributed by atoms with Crippen LogP contribution >= 0.6 is 23.5 Å². The van der Waals surface area contributed by atoms with E-state index in [4.69, 9.17) is 18.8 Å². The van der Waals surface area contributed by atoms with Gasteiger partial charge in [0.15, 0.2) is 10.3 Å². The molecule has 0 bridgehead atoms. The average Bonchev–Trinajstić information content (AvgIpc) is 3.80. The van der Waals surface area contributed by atoms with Crippen molar-refractivity contribution in [1.29, 1.82) is 0 Å². The molecule has 0 saturated carbocycles. The molecule has 2 atom stereocenters.